The predicted octanol–water partition coefficient (Wildman–Crippen LogP) is 2.72. The van der Waals surface area contributed by atoms with Gasteiger partial charge in [-0.2, -0.15) is 0 Å². The quantitative estimate of drug-likeness (QED) is 0.738. The van der Waals surface area contributed by atoms with E-state index < -0.39 is 0 Å². The summed E-state index contributed by atoms with van der Waals surface area (Å²) in [4.78, 5) is 32.0. The lowest BCUT2D eigenvalue weighted by molar-refractivity contribution is -0.117. The average Bonchev–Trinajstić information content (AvgIpc) is 3.17. The number of aryl methyl sites for hydroxylation is 1. The molecule has 1 saturated heterocycles. The summed E-state index contributed by atoms with van der Waals surface area (Å²) in [6.07, 6.45) is 2.17. The Kier molecular flexibility index (Phi) is 6.16. The van der Waals surface area contributed by atoms with Crippen molar-refractivity contribution in [3.8, 4) is 0 Å². The summed E-state index contributed by atoms with van der Waals surface area (Å²) in [5, 5.41) is 6.28. The van der Waals surface area contributed by atoms with Crippen molar-refractivity contribution in [1.82, 2.24) is 15.2 Å². The van der Waals surface area contributed by atoms with Gasteiger partial charge in [0.2, 0.25) is 5.91 Å². The molecule has 1 aliphatic rings. The third kappa shape index (κ3) is 4.93. The molecular formula is C22H27N5O2. The first-order valence-electron chi connectivity index (χ1n) is 9.61. The van der Waals surface area contributed by atoms with Crippen LogP contribution in [0.5, 0.6) is 0 Å². The molecule has 2 amide bonds. The zero-order valence-corrected chi connectivity index (χ0v) is 17.1. The van der Waals surface area contributed by atoms with Crippen LogP contribution in [0.4, 0.5) is 17.3 Å². The van der Waals surface area contributed by atoms with E-state index in [4.69, 9.17) is 4.98 Å². The molecule has 0 radical (unpaired) electrons. The molecule has 2 heterocycles. The van der Waals surface area contributed by atoms with Crippen molar-refractivity contribution < 1.29 is 9.59 Å². The Bertz CT molecular complexity index is 908. The van der Waals surface area contributed by atoms with E-state index in [9.17, 15) is 9.59 Å². The Morgan fingerprint density at radius 1 is 1.21 bits per heavy atom. The van der Waals surface area contributed by atoms with Gasteiger partial charge in [0.25, 0.3) is 5.91 Å². The molecule has 2 aromatic rings. The van der Waals surface area contributed by atoms with Crippen molar-refractivity contribution in [3.63, 3.8) is 0 Å². The molecule has 7 nitrogen and oxygen atoms in total. The van der Waals surface area contributed by atoms with Crippen LogP contribution in [0.3, 0.4) is 0 Å². The first-order valence-corrected chi connectivity index (χ1v) is 9.61. The summed E-state index contributed by atoms with van der Waals surface area (Å²) in [5.74, 6) is 1.47. The molecule has 0 aliphatic carbocycles. The summed E-state index contributed by atoms with van der Waals surface area (Å²) in [5.41, 5.74) is 2.53. The third-order valence-corrected chi connectivity index (χ3v) is 4.93. The molecule has 0 spiro atoms. The normalized spacial score (nSPS) is 15.7. The molecule has 1 aromatic heterocycles. The number of rotatable bonds is 6. The topological polar surface area (TPSA) is 77.6 Å². The van der Waals surface area contributed by atoms with Gasteiger partial charge in [-0.05, 0) is 55.3 Å². The predicted molar refractivity (Wildman–Crippen MR) is 116 cm³/mol. The highest BCUT2D eigenvalue weighted by molar-refractivity contribution is 5.94. The van der Waals surface area contributed by atoms with Crippen LogP contribution >= 0.6 is 0 Å². The second kappa shape index (κ2) is 8.77. The Balaban J connectivity index is 1.70. The van der Waals surface area contributed by atoms with E-state index in [0.29, 0.717) is 5.56 Å². The van der Waals surface area contributed by atoms with Gasteiger partial charge >= 0.3 is 0 Å². The van der Waals surface area contributed by atoms with E-state index in [-0.39, 0.29) is 17.9 Å². The van der Waals surface area contributed by atoms with Crippen LogP contribution < -0.4 is 15.5 Å². The van der Waals surface area contributed by atoms with E-state index in [1.54, 1.807) is 31.1 Å². The number of nitrogens with zero attached hydrogens (tertiary/aromatic N) is 3. The van der Waals surface area contributed by atoms with E-state index in [0.717, 1.165) is 42.4 Å². The number of carbonyl (C=O) groups is 2. The van der Waals surface area contributed by atoms with Crippen molar-refractivity contribution in [2.45, 2.75) is 19.4 Å². The number of nitrogens with one attached hydrogen (secondary N) is 2. The Morgan fingerprint density at radius 3 is 2.59 bits per heavy atom. The summed E-state index contributed by atoms with van der Waals surface area (Å²) in [7, 11) is 3.47. The summed E-state index contributed by atoms with van der Waals surface area (Å²) in [6, 6.07) is 11.5. The minimum Gasteiger partial charge on any atom is -0.354 e. The third-order valence-electron chi connectivity index (χ3n) is 4.93. The number of anilines is 3. The SMILES string of the molecule is C=CC(=O)NC1CCN(c2ccc(C)c(Nc3ccc(C(=O)N(C)C)cc3)n2)C1. The molecule has 3 rings (SSSR count). The van der Waals surface area contributed by atoms with E-state index in [2.05, 4.69) is 22.1 Å². The van der Waals surface area contributed by atoms with Crippen molar-refractivity contribution in [3.05, 3.63) is 60.2 Å². The van der Waals surface area contributed by atoms with E-state index >= 15 is 0 Å². The van der Waals surface area contributed by atoms with Gasteiger partial charge in [-0.1, -0.05) is 12.6 Å². The van der Waals surface area contributed by atoms with Gasteiger partial charge in [-0.25, -0.2) is 4.98 Å². The van der Waals surface area contributed by atoms with Crippen molar-refractivity contribution in [2.75, 3.05) is 37.4 Å². The molecule has 29 heavy (non-hydrogen) atoms. The van der Waals surface area contributed by atoms with E-state index in [1.807, 2.05) is 31.2 Å². The lowest BCUT2D eigenvalue weighted by Crippen LogP contribution is -2.36. The Morgan fingerprint density at radius 2 is 1.93 bits per heavy atom. The molecule has 1 aromatic carbocycles. The molecular weight excluding hydrogens is 366 g/mol. The summed E-state index contributed by atoms with van der Waals surface area (Å²) in [6.45, 7) is 7.05. The molecule has 1 unspecified atom stereocenters. The number of aromatic nitrogens is 1. The maximum Gasteiger partial charge on any atom is 0.253 e. The van der Waals surface area contributed by atoms with Gasteiger partial charge in [0.05, 0.1) is 0 Å². The maximum atomic E-state index is 12.0. The molecule has 0 bridgehead atoms. The molecule has 1 fully saturated rings. The van der Waals surface area contributed by atoms with Crippen LogP contribution in [0.25, 0.3) is 0 Å². The summed E-state index contributed by atoms with van der Waals surface area (Å²) < 4.78 is 0. The number of hydrogen-bond acceptors (Lipinski definition) is 5. The Hall–Kier alpha value is -3.35. The number of carbonyl (C=O) groups excluding carboxylic acids is 2. The lowest BCUT2D eigenvalue weighted by Gasteiger charge is -2.20. The zero-order valence-electron chi connectivity index (χ0n) is 17.1. The standard InChI is InChI=1S/C22H27N5O2/c1-5-20(28)23-18-12-13-27(14-18)19-11-6-15(2)21(25-19)24-17-9-7-16(8-10-17)22(29)26(3)4/h5-11,18H,1,12-14H2,2-4H3,(H,23,28)(H,24,25). The number of pyridine rings is 1. The first-order chi connectivity index (χ1) is 13.9. The van der Waals surface area contributed by atoms with Crippen LogP contribution in [0.1, 0.15) is 22.3 Å². The zero-order chi connectivity index (χ0) is 21.0. The van der Waals surface area contributed by atoms with Crippen LogP contribution in [-0.2, 0) is 4.79 Å². The second-order valence-electron chi connectivity index (χ2n) is 7.38. The highest BCUT2D eigenvalue weighted by Crippen LogP contribution is 2.25. The second-order valence-corrected chi connectivity index (χ2v) is 7.38. The fourth-order valence-electron chi connectivity index (χ4n) is 3.26. The van der Waals surface area contributed by atoms with Crippen LogP contribution in [-0.4, -0.2) is 54.9 Å². The van der Waals surface area contributed by atoms with Gasteiger partial charge in [0, 0.05) is 44.5 Å². The molecule has 152 valence electrons. The minimum atomic E-state index is -0.146. The van der Waals surface area contributed by atoms with Gasteiger partial charge in [0.15, 0.2) is 0 Å². The molecule has 7 heteroatoms. The van der Waals surface area contributed by atoms with Crippen LogP contribution in [0.2, 0.25) is 0 Å². The van der Waals surface area contributed by atoms with E-state index in [1.165, 1.54) is 6.08 Å². The average molecular weight is 393 g/mol. The van der Waals surface area contributed by atoms with Crippen molar-refractivity contribution >= 4 is 29.1 Å². The number of amides is 2. The largest absolute Gasteiger partial charge is 0.354 e. The first kappa shape index (κ1) is 20.4. The van der Waals surface area contributed by atoms with Crippen molar-refractivity contribution in [2.24, 2.45) is 0 Å². The van der Waals surface area contributed by atoms with Gasteiger partial charge in [0.1, 0.15) is 11.6 Å². The molecule has 1 atom stereocenters. The molecule has 0 saturated carbocycles. The smallest absolute Gasteiger partial charge is 0.253 e. The van der Waals surface area contributed by atoms with Crippen molar-refractivity contribution in [1.29, 1.82) is 0 Å². The Labute approximate surface area is 171 Å². The number of benzene rings is 1. The fourth-order valence-corrected chi connectivity index (χ4v) is 3.26. The van der Waals surface area contributed by atoms with Crippen LogP contribution in [0.15, 0.2) is 49.1 Å². The maximum absolute atomic E-state index is 12.0. The lowest BCUT2D eigenvalue weighted by atomic mass is 10.2. The van der Waals surface area contributed by atoms with Crippen LogP contribution in [0, 0.1) is 6.92 Å². The van der Waals surface area contributed by atoms with Gasteiger partial charge < -0.3 is 20.4 Å². The summed E-state index contributed by atoms with van der Waals surface area (Å²) >= 11 is 0. The number of hydrogen-bond donors (Lipinski definition) is 2. The minimum absolute atomic E-state index is 0.0278. The monoisotopic (exact) mass is 393 g/mol. The highest BCUT2D eigenvalue weighted by atomic mass is 16.2. The van der Waals surface area contributed by atoms with Gasteiger partial charge in [-0.3, -0.25) is 9.59 Å². The van der Waals surface area contributed by atoms with Gasteiger partial charge in [-0.15, -0.1) is 0 Å². The highest BCUT2D eigenvalue weighted by Gasteiger charge is 2.24. The fraction of sp³-hybridized carbons (Fsp3) is 0.318. The molecule has 1 aliphatic heterocycles. The molecule has 2 N–H and O–H groups in total.